The number of nitrogens with one attached hydrogen (secondary N) is 1. The molecule has 0 spiro atoms. The SMILES string of the molecule is COc1cc2c(NCC3CC3)c3c(nc2cc1OCCCN1CCC(C(F)F)C1)CCC3. The van der Waals surface area contributed by atoms with E-state index in [9.17, 15) is 8.78 Å². The van der Waals surface area contributed by atoms with Crippen LogP contribution in [-0.4, -0.2) is 56.2 Å². The molecule has 2 fully saturated rings. The largest absolute Gasteiger partial charge is 0.493 e. The number of benzene rings is 1. The Balaban J connectivity index is 1.28. The minimum Gasteiger partial charge on any atom is -0.493 e. The van der Waals surface area contributed by atoms with Crippen molar-refractivity contribution in [2.75, 3.05) is 45.2 Å². The first-order chi connectivity index (χ1) is 15.6. The van der Waals surface area contributed by atoms with Crippen molar-refractivity contribution in [2.24, 2.45) is 11.8 Å². The van der Waals surface area contributed by atoms with Gasteiger partial charge in [0.25, 0.3) is 0 Å². The number of pyridine rings is 1. The number of rotatable bonds is 10. The van der Waals surface area contributed by atoms with Crippen LogP contribution in [0.4, 0.5) is 14.5 Å². The maximum Gasteiger partial charge on any atom is 0.242 e. The van der Waals surface area contributed by atoms with Crippen LogP contribution in [0.2, 0.25) is 0 Å². The number of ether oxygens (including phenoxy) is 2. The van der Waals surface area contributed by atoms with E-state index in [4.69, 9.17) is 14.5 Å². The van der Waals surface area contributed by atoms with Crippen molar-refractivity contribution in [2.45, 2.75) is 51.4 Å². The molecule has 1 aromatic heterocycles. The fraction of sp³-hybridized carbons (Fsp3) is 0.640. The van der Waals surface area contributed by atoms with Gasteiger partial charge in [0.15, 0.2) is 11.5 Å². The van der Waals surface area contributed by atoms with Crippen LogP contribution < -0.4 is 14.8 Å². The van der Waals surface area contributed by atoms with Crippen LogP contribution in [0.3, 0.4) is 0 Å². The van der Waals surface area contributed by atoms with Crippen LogP contribution in [0.1, 0.15) is 43.4 Å². The Morgan fingerprint density at radius 2 is 2.06 bits per heavy atom. The molecule has 1 aliphatic heterocycles. The molecule has 1 unspecified atom stereocenters. The summed E-state index contributed by atoms with van der Waals surface area (Å²) in [5.74, 6) is 1.73. The van der Waals surface area contributed by atoms with Crippen LogP contribution in [-0.2, 0) is 12.8 Å². The predicted octanol–water partition coefficient (Wildman–Crippen LogP) is 4.91. The monoisotopic (exact) mass is 445 g/mol. The Morgan fingerprint density at radius 1 is 1.19 bits per heavy atom. The summed E-state index contributed by atoms with van der Waals surface area (Å²) < 4.78 is 37.5. The number of likely N-dealkylation sites (tertiary alicyclic amines) is 1. The van der Waals surface area contributed by atoms with Gasteiger partial charge in [-0.3, -0.25) is 4.98 Å². The van der Waals surface area contributed by atoms with Crippen molar-refractivity contribution in [1.82, 2.24) is 9.88 Å². The molecule has 2 aliphatic carbocycles. The van der Waals surface area contributed by atoms with E-state index in [-0.39, 0.29) is 0 Å². The summed E-state index contributed by atoms with van der Waals surface area (Å²) in [4.78, 5) is 7.07. The van der Waals surface area contributed by atoms with Crippen molar-refractivity contribution in [1.29, 1.82) is 0 Å². The molecular formula is C25H33F2N3O2. The summed E-state index contributed by atoms with van der Waals surface area (Å²) >= 11 is 0. The van der Waals surface area contributed by atoms with E-state index in [1.165, 1.54) is 29.8 Å². The van der Waals surface area contributed by atoms with Crippen molar-refractivity contribution in [3.63, 3.8) is 0 Å². The van der Waals surface area contributed by atoms with Crippen LogP contribution in [0.5, 0.6) is 11.5 Å². The highest BCUT2D eigenvalue weighted by molar-refractivity contribution is 5.96. The number of fused-ring (bicyclic) bond motifs is 2. The van der Waals surface area contributed by atoms with E-state index in [1.54, 1.807) is 7.11 Å². The van der Waals surface area contributed by atoms with Gasteiger partial charge in [0.1, 0.15) is 0 Å². The summed E-state index contributed by atoms with van der Waals surface area (Å²) in [6, 6.07) is 4.05. The zero-order valence-electron chi connectivity index (χ0n) is 18.8. The third kappa shape index (κ3) is 4.63. The van der Waals surface area contributed by atoms with E-state index < -0.39 is 12.3 Å². The Kier molecular flexibility index (Phi) is 6.35. The van der Waals surface area contributed by atoms with Crippen LogP contribution in [0, 0.1) is 11.8 Å². The molecule has 2 heterocycles. The van der Waals surface area contributed by atoms with Gasteiger partial charge in [-0.15, -0.1) is 0 Å². The van der Waals surface area contributed by atoms with E-state index in [2.05, 4.69) is 16.3 Å². The third-order valence-electron chi connectivity index (χ3n) is 7.10. The number of aryl methyl sites for hydroxylation is 1. The molecule has 5 rings (SSSR count). The fourth-order valence-corrected chi connectivity index (χ4v) is 5.05. The second-order valence-electron chi connectivity index (χ2n) is 9.50. The number of anilines is 1. The van der Waals surface area contributed by atoms with Crippen LogP contribution in [0.15, 0.2) is 12.1 Å². The number of hydrogen-bond acceptors (Lipinski definition) is 5. The van der Waals surface area contributed by atoms with Gasteiger partial charge in [0.2, 0.25) is 6.43 Å². The van der Waals surface area contributed by atoms with Gasteiger partial charge in [-0.25, -0.2) is 8.78 Å². The minimum absolute atomic E-state index is 0.480. The lowest BCUT2D eigenvalue weighted by atomic mass is 10.1. The van der Waals surface area contributed by atoms with Crippen molar-refractivity contribution in [3.05, 3.63) is 23.4 Å². The number of hydrogen-bond donors (Lipinski definition) is 1. The lowest BCUT2D eigenvalue weighted by molar-refractivity contribution is 0.0804. The first-order valence-corrected chi connectivity index (χ1v) is 12.0. The van der Waals surface area contributed by atoms with Gasteiger partial charge in [-0.2, -0.15) is 0 Å². The normalized spacial score (nSPS) is 20.8. The Labute approximate surface area is 188 Å². The van der Waals surface area contributed by atoms with Gasteiger partial charge >= 0.3 is 0 Å². The Morgan fingerprint density at radius 3 is 2.81 bits per heavy atom. The molecule has 0 amide bonds. The second-order valence-corrected chi connectivity index (χ2v) is 9.50. The molecule has 174 valence electrons. The molecule has 32 heavy (non-hydrogen) atoms. The topological polar surface area (TPSA) is 46.6 Å². The molecule has 3 aliphatic rings. The number of halogens is 2. The molecule has 1 saturated heterocycles. The average molecular weight is 446 g/mol. The Hall–Kier alpha value is -2.15. The van der Waals surface area contributed by atoms with Gasteiger partial charge in [-0.1, -0.05) is 0 Å². The molecule has 7 heteroatoms. The number of nitrogens with zero attached hydrogens (tertiary/aromatic N) is 2. The quantitative estimate of drug-likeness (QED) is 0.527. The van der Waals surface area contributed by atoms with Gasteiger partial charge < -0.3 is 19.7 Å². The molecular weight excluding hydrogens is 412 g/mol. The standard InChI is InChI=1S/C25H33F2N3O2/c1-31-22-12-19-21(29-20-5-2-4-18(20)24(19)28-14-16-6-7-16)13-23(22)32-11-3-9-30-10-8-17(15-30)25(26)27/h12-13,16-17,25H,2-11,14-15H2,1H3,(H,28,29). The lowest BCUT2D eigenvalue weighted by Gasteiger charge is -2.18. The molecule has 1 saturated carbocycles. The summed E-state index contributed by atoms with van der Waals surface area (Å²) in [5.41, 5.74) is 4.73. The van der Waals surface area contributed by atoms with E-state index in [0.717, 1.165) is 62.1 Å². The molecule has 0 radical (unpaired) electrons. The molecule has 1 aromatic carbocycles. The minimum atomic E-state index is -2.21. The first kappa shape index (κ1) is 21.7. The first-order valence-electron chi connectivity index (χ1n) is 12.0. The molecule has 1 N–H and O–H groups in total. The number of alkyl halides is 2. The second kappa shape index (κ2) is 9.38. The number of methoxy groups -OCH3 is 1. The highest BCUT2D eigenvalue weighted by Crippen LogP contribution is 2.40. The fourth-order valence-electron chi connectivity index (χ4n) is 5.05. The van der Waals surface area contributed by atoms with Crippen molar-refractivity contribution < 1.29 is 18.3 Å². The smallest absolute Gasteiger partial charge is 0.242 e. The third-order valence-corrected chi connectivity index (χ3v) is 7.10. The van der Waals surface area contributed by atoms with Gasteiger partial charge in [-0.05, 0) is 69.0 Å². The summed E-state index contributed by atoms with van der Waals surface area (Å²) in [6.45, 7) is 3.56. The highest BCUT2D eigenvalue weighted by Gasteiger charge is 2.29. The van der Waals surface area contributed by atoms with Crippen molar-refractivity contribution in [3.8, 4) is 11.5 Å². The van der Waals surface area contributed by atoms with E-state index in [0.29, 0.717) is 31.1 Å². The van der Waals surface area contributed by atoms with Gasteiger partial charge in [0, 0.05) is 48.4 Å². The van der Waals surface area contributed by atoms with E-state index in [1.807, 2.05) is 6.07 Å². The molecule has 2 aromatic rings. The van der Waals surface area contributed by atoms with Crippen LogP contribution in [0.25, 0.3) is 10.9 Å². The Bertz CT molecular complexity index is 964. The molecule has 1 atom stereocenters. The zero-order valence-corrected chi connectivity index (χ0v) is 18.8. The maximum absolute atomic E-state index is 12.9. The summed E-state index contributed by atoms with van der Waals surface area (Å²) in [7, 11) is 1.67. The molecule has 5 nitrogen and oxygen atoms in total. The zero-order chi connectivity index (χ0) is 22.1. The maximum atomic E-state index is 12.9. The summed E-state index contributed by atoms with van der Waals surface area (Å²) in [5, 5.41) is 4.82. The highest BCUT2D eigenvalue weighted by atomic mass is 19.3. The lowest BCUT2D eigenvalue weighted by Crippen LogP contribution is -2.24. The van der Waals surface area contributed by atoms with Crippen LogP contribution >= 0.6 is 0 Å². The van der Waals surface area contributed by atoms with Gasteiger partial charge in [0.05, 0.1) is 19.2 Å². The van der Waals surface area contributed by atoms with Crippen molar-refractivity contribution >= 4 is 16.6 Å². The number of aromatic nitrogens is 1. The molecule has 0 bridgehead atoms. The predicted molar refractivity (Wildman–Crippen MR) is 122 cm³/mol. The average Bonchev–Trinajstić information content (AvgIpc) is 3.28. The van der Waals surface area contributed by atoms with E-state index >= 15 is 0 Å². The summed E-state index contributed by atoms with van der Waals surface area (Å²) in [6.07, 6.45) is 5.07.